The molecule has 2 heterocycles. The SMILES string of the molecule is O=C(O)CCCCCN1C(=O)/C(=C\c2ccc(OCC(=O)N3CCOCC3)cc2)SC1=S. The first-order chi connectivity index (χ1) is 15.4. The number of carboxylic acid groups (broad SMARTS) is 1. The standard InChI is InChI=1S/C22H26N2O6S2/c25-19(23-10-12-29-13-11-23)15-30-17-7-5-16(6-8-17)14-18-21(28)24(22(31)32-18)9-3-1-2-4-20(26)27/h5-8,14H,1-4,9-13,15H2,(H,26,27)/b18-14+. The molecule has 0 aliphatic carbocycles. The van der Waals surface area contributed by atoms with E-state index in [0.29, 0.717) is 60.7 Å². The number of ether oxygens (including phenoxy) is 2. The molecule has 10 heteroatoms. The topological polar surface area (TPSA) is 96.4 Å². The van der Waals surface area contributed by atoms with Crippen LogP contribution in [0.2, 0.25) is 0 Å². The van der Waals surface area contributed by atoms with Gasteiger partial charge in [-0.3, -0.25) is 19.3 Å². The third kappa shape index (κ3) is 7.04. The average Bonchev–Trinajstić information content (AvgIpc) is 3.05. The molecular formula is C22H26N2O6S2. The third-order valence-corrected chi connectivity index (χ3v) is 6.43. The van der Waals surface area contributed by atoms with Crippen LogP contribution in [0.3, 0.4) is 0 Å². The van der Waals surface area contributed by atoms with Crippen LogP contribution >= 0.6 is 24.0 Å². The van der Waals surface area contributed by atoms with E-state index in [0.717, 1.165) is 12.0 Å². The first-order valence-electron chi connectivity index (χ1n) is 10.5. The molecule has 0 bridgehead atoms. The summed E-state index contributed by atoms with van der Waals surface area (Å²) in [7, 11) is 0. The Labute approximate surface area is 196 Å². The van der Waals surface area contributed by atoms with Crippen LogP contribution in [0.4, 0.5) is 0 Å². The Kier molecular flexibility index (Phi) is 9.07. The van der Waals surface area contributed by atoms with Gasteiger partial charge in [-0.05, 0) is 36.6 Å². The molecule has 1 N–H and O–H groups in total. The summed E-state index contributed by atoms with van der Waals surface area (Å²) in [5, 5.41) is 8.68. The van der Waals surface area contributed by atoms with Gasteiger partial charge in [-0.1, -0.05) is 42.5 Å². The number of amides is 2. The van der Waals surface area contributed by atoms with Crippen molar-refractivity contribution in [1.82, 2.24) is 9.80 Å². The Hall–Kier alpha value is -2.43. The highest BCUT2D eigenvalue weighted by Gasteiger charge is 2.31. The Morgan fingerprint density at radius 2 is 1.88 bits per heavy atom. The van der Waals surface area contributed by atoms with E-state index in [1.165, 1.54) is 11.8 Å². The molecule has 3 rings (SSSR count). The number of carbonyl (C=O) groups excluding carboxylic acids is 2. The first-order valence-corrected chi connectivity index (χ1v) is 11.7. The summed E-state index contributed by atoms with van der Waals surface area (Å²) in [6, 6.07) is 7.18. The van der Waals surface area contributed by atoms with E-state index in [1.807, 2.05) is 12.1 Å². The van der Waals surface area contributed by atoms with Gasteiger partial charge < -0.3 is 19.5 Å². The van der Waals surface area contributed by atoms with Crippen LogP contribution in [0.5, 0.6) is 5.75 Å². The molecule has 0 radical (unpaired) electrons. The van der Waals surface area contributed by atoms with Gasteiger partial charge in [0.1, 0.15) is 10.1 Å². The second-order valence-electron chi connectivity index (χ2n) is 7.39. The lowest BCUT2D eigenvalue weighted by molar-refractivity contribution is -0.138. The molecule has 172 valence electrons. The zero-order chi connectivity index (χ0) is 22.9. The number of thiocarbonyl (C=S) groups is 1. The van der Waals surface area contributed by atoms with Crippen LogP contribution in [-0.4, -0.2) is 76.5 Å². The fourth-order valence-electron chi connectivity index (χ4n) is 3.28. The van der Waals surface area contributed by atoms with Crippen molar-refractivity contribution < 1.29 is 29.0 Å². The van der Waals surface area contributed by atoms with Gasteiger partial charge in [0.15, 0.2) is 6.61 Å². The molecule has 0 unspecified atom stereocenters. The smallest absolute Gasteiger partial charge is 0.303 e. The minimum Gasteiger partial charge on any atom is -0.484 e. The van der Waals surface area contributed by atoms with Crippen LogP contribution in [0.25, 0.3) is 6.08 Å². The van der Waals surface area contributed by atoms with Crippen LogP contribution < -0.4 is 4.74 Å². The predicted octanol–water partition coefficient (Wildman–Crippen LogP) is 2.77. The van der Waals surface area contributed by atoms with Gasteiger partial charge in [0, 0.05) is 26.1 Å². The average molecular weight is 479 g/mol. The Balaban J connectivity index is 1.48. The van der Waals surface area contributed by atoms with Crippen LogP contribution in [0, 0.1) is 0 Å². The van der Waals surface area contributed by atoms with Crippen molar-refractivity contribution in [3.8, 4) is 5.75 Å². The molecule has 0 atom stereocenters. The van der Waals surface area contributed by atoms with E-state index < -0.39 is 5.97 Å². The summed E-state index contributed by atoms with van der Waals surface area (Å²) in [5.74, 6) is -0.421. The number of carbonyl (C=O) groups is 3. The molecule has 0 aromatic heterocycles. The van der Waals surface area contributed by atoms with Crippen LogP contribution in [0.15, 0.2) is 29.2 Å². The number of morpholine rings is 1. The highest BCUT2D eigenvalue weighted by molar-refractivity contribution is 8.26. The van der Waals surface area contributed by atoms with Crippen LogP contribution in [0.1, 0.15) is 31.2 Å². The van der Waals surface area contributed by atoms with Gasteiger partial charge in [0.2, 0.25) is 0 Å². The summed E-state index contributed by atoms with van der Waals surface area (Å²) in [4.78, 5) is 39.2. The lowest BCUT2D eigenvalue weighted by Gasteiger charge is -2.26. The number of hydrogen-bond acceptors (Lipinski definition) is 7. The molecule has 2 aliphatic rings. The van der Waals surface area contributed by atoms with Crippen molar-refractivity contribution in [2.24, 2.45) is 0 Å². The maximum Gasteiger partial charge on any atom is 0.303 e. The molecule has 2 saturated heterocycles. The molecule has 2 aliphatic heterocycles. The minimum absolute atomic E-state index is 0.0233. The summed E-state index contributed by atoms with van der Waals surface area (Å²) in [6.07, 6.45) is 3.96. The highest BCUT2D eigenvalue weighted by Crippen LogP contribution is 2.33. The van der Waals surface area contributed by atoms with Gasteiger partial charge >= 0.3 is 5.97 Å². The van der Waals surface area contributed by atoms with E-state index in [4.69, 9.17) is 26.8 Å². The predicted molar refractivity (Wildman–Crippen MR) is 125 cm³/mol. The zero-order valence-corrected chi connectivity index (χ0v) is 19.3. The lowest BCUT2D eigenvalue weighted by atomic mass is 10.2. The molecular weight excluding hydrogens is 452 g/mol. The first kappa shape index (κ1) is 24.2. The van der Waals surface area contributed by atoms with E-state index >= 15 is 0 Å². The number of carboxylic acids is 1. The second kappa shape index (κ2) is 12.0. The quantitative estimate of drug-likeness (QED) is 0.312. The Bertz CT molecular complexity index is 881. The fourth-order valence-corrected chi connectivity index (χ4v) is 4.59. The maximum atomic E-state index is 12.7. The number of aliphatic carboxylic acids is 1. The van der Waals surface area contributed by atoms with Crippen molar-refractivity contribution in [1.29, 1.82) is 0 Å². The molecule has 2 fully saturated rings. The largest absolute Gasteiger partial charge is 0.484 e. The summed E-state index contributed by atoms with van der Waals surface area (Å²) in [6.45, 7) is 2.74. The Morgan fingerprint density at radius 3 is 2.56 bits per heavy atom. The number of thioether (sulfide) groups is 1. The van der Waals surface area contributed by atoms with E-state index in [2.05, 4.69) is 0 Å². The summed E-state index contributed by atoms with van der Waals surface area (Å²) >= 11 is 6.60. The van der Waals surface area contributed by atoms with E-state index in [-0.39, 0.29) is 24.8 Å². The monoisotopic (exact) mass is 478 g/mol. The molecule has 2 amide bonds. The van der Waals surface area contributed by atoms with Crippen molar-refractivity contribution in [3.63, 3.8) is 0 Å². The van der Waals surface area contributed by atoms with Crippen molar-refractivity contribution in [3.05, 3.63) is 34.7 Å². The lowest BCUT2D eigenvalue weighted by Crippen LogP contribution is -2.42. The number of unbranched alkanes of at least 4 members (excludes halogenated alkanes) is 2. The molecule has 32 heavy (non-hydrogen) atoms. The summed E-state index contributed by atoms with van der Waals surface area (Å²) in [5.41, 5.74) is 0.832. The van der Waals surface area contributed by atoms with Gasteiger partial charge in [0.05, 0.1) is 18.1 Å². The molecule has 0 spiro atoms. The fraction of sp³-hybridized carbons (Fsp3) is 0.455. The van der Waals surface area contributed by atoms with Crippen molar-refractivity contribution in [2.75, 3.05) is 39.5 Å². The van der Waals surface area contributed by atoms with E-state index in [9.17, 15) is 14.4 Å². The number of hydrogen-bond donors (Lipinski definition) is 1. The summed E-state index contributed by atoms with van der Waals surface area (Å²) < 4.78 is 11.3. The molecule has 1 aromatic rings. The Morgan fingerprint density at radius 1 is 1.16 bits per heavy atom. The number of nitrogens with zero attached hydrogens (tertiary/aromatic N) is 2. The maximum absolute atomic E-state index is 12.7. The second-order valence-corrected chi connectivity index (χ2v) is 9.06. The van der Waals surface area contributed by atoms with Gasteiger partial charge in [-0.25, -0.2) is 0 Å². The zero-order valence-electron chi connectivity index (χ0n) is 17.7. The normalized spacial score (nSPS) is 17.8. The minimum atomic E-state index is -0.807. The van der Waals surface area contributed by atoms with Gasteiger partial charge in [-0.2, -0.15) is 0 Å². The highest BCUT2D eigenvalue weighted by atomic mass is 32.2. The van der Waals surface area contributed by atoms with Gasteiger partial charge in [-0.15, -0.1) is 0 Å². The van der Waals surface area contributed by atoms with Crippen LogP contribution in [-0.2, 0) is 19.1 Å². The number of benzene rings is 1. The van der Waals surface area contributed by atoms with Crippen molar-refractivity contribution in [2.45, 2.75) is 25.7 Å². The molecule has 0 saturated carbocycles. The van der Waals surface area contributed by atoms with E-state index in [1.54, 1.807) is 28.0 Å². The third-order valence-electron chi connectivity index (χ3n) is 5.05. The molecule has 8 nitrogen and oxygen atoms in total. The van der Waals surface area contributed by atoms with Crippen molar-refractivity contribution >= 4 is 52.2 Å². The van der Waals surface area contributed by atoms with Gasteiger partial charge in [0.25, 0.3) is 11.8 Å². The molecule has 1 aromatic carbocycles. The number of rotatable bonds is 10.